The Hall–Kier alpha value is -1.46. The van der Waals surface area contributed by atoms with E-state index in [9.17, 15) is 14.3 Å². The van der Waals surface area contributed by atoms with Crippen LogP contribution in [0, 0.1) is 12.7 Å². The van der Waals surface area contributed by atoms with Crippen LogP contribution in [0.15, 0.2) is 18.2 Å². The van der Waals surface area contributed by atoms with Crippen molar-refractivity contribution in [2.75, 3.05) is 19.6 Å². The standard InChI is InChI=1S/C13H17FN2O2/c1-9-2-3-11(14)10(6-9)12(17)16-8-13(18)4-5-15-7-13/h2-3,6,15,18H,4-5,7-8H2,1H3,(H,16,17). The average molecular weight is 252 g/mol. The smallest absolute Gasteiger partial charge is 0.254 e. The fourth-order valence-electron chi connectivity index (χ4n) is 2.03. The van der Waals surface area contributed by atoms with Crippen LogP contribution in [0.3, 0.4) is 0 Å². The summed E-state index contributed by atoms with van der Waals surface area (Å²) in [6, 6.07) is 4.39. The molecule has 0 aromatic heterocycles. The number of carbonyl (C=O) groups is 1. The van der Waals surface area contributed by atoms with Gasteiger partial charge in [-0.1, -0.05) is 11.6 Å². The number of benzene rings is 1. The lowest BCUT2D eigenvalue weighted by atomic mass is 10.0. The SMILES string of the molecule is Cc1ccc(F)c(C(=O)NCC2(O)CCNC2)c1. The first kappa shape index (κ1) is 13.0. The Kier molecular flexibility index (Phi) is 3.63. The van der Waals surface area contributed by atoms with Crippen LogP contribution in [-0.2, 0) is 0 Å². The maximum atomic E-state index is 13.5. The molecule has 1 unspecified atom stereocenters. The van der Waals surface area contributed by atoms with Crippen molar-refractivity contribution in [2.45, 2.75) is 18.9 Å². The monoisotopic (exact) mass is 252 g/mol. The van der Waals surface area contributed by atoms with Gasteiger partial charge in [-0.3, -0.25) is 4.79 Å². The van der Waals surface area contributed by atoms with E-state index >= 15 is 0 Å². The Morgan fingerprint density at radius 2 is 2.39 bits per heavy atom. The number of aliphatic hydroxyl groups is 1. The van der Waals surface area contributed by atoms with E-state index in [4.69, 9.17) is 0 Å². The van der Waals surface area contributed by atoms with Gasteiger partial charge in [-0.25, -0.2) is 4.39 Å². The maximum Gasteiger partial charge on any atom is 0.254 e. The molecule has 1 aliphatic rings. The zero-order valence-corrected chi connectivity index (χ0v) is 10.3. The summed E-state index contributed by atoms with van der Waals surface area (Å²) in [5, 5.41) is 15.6. The van der Waals surface area contributed by atoms with Gasteiger partial charge in [0.05, 0.1) is 11.2 Å². The number of hydrogen-bond acceptors (Lipinski definition) is 3. The van der Waals surface area contributed by atoms with Gasteiger partial charge in [0.25, 0.3) is 5.91 Å². The van der Waals surface area contributed by atoms with Crippen LogP contribution < -0.4 is 10.6 Å². The topological polar surface area (TPSA) is 61.4 Å². The van der Waals surface area contributed by atoms with Crippen molar-refractivity contribution in [1.82, 2.24) is 10.6 Å². The van der Waals surface area contributed by atoms with Crippen LogP contribution >= 0.6 is 0 Å². The third-order valence-corrected chi connectivity index (χ3v) is 3.17. The molecule has 0 radical (unpaired) electrons. The van der Waals surface area contributed by atoms with Crippen LogP contribution in [0.5, 0.6) is 0 Å². The molecule has 3 N–H and O–H groups in total. The average Bonchev–Trinajstić information content (AvgIpc) is 2.77. The van der Waals surface area contributed by atoms with Gasteiger partial charge in [-0.15, -0.1) is 0 Å². The summed E-state index contributed by atoms with van der Waals surface area (Å²) in [5.74, 6) is -1.04. The summed E-state index contributed by atoms with van der Waals surface area (Å²) in [7, 11) is 0. The van der Waals surface area contributed by atoms with E-state index in [1.54, 1.807) is 13.0 Å². The highest BCUT2D eigenvalue weighted by atomic mass is 19.1. The fourth-order valence-corrected chi connectivity index (χ4v) is 2.03. The van der Waals surface area contributed by atoms with Crippen LogP contribution in [0.4, 0.5) is 4.39 Å². The number of amides is 1. The van der Waals surface area contributed by atoms with Gasteiger partial charge in [0.2, 0.25) is 0 Å². The lowest BCUT2D eigenvalue weighted by Crippen LogP contribution is -2.44. The zero-order valence-electron chi connectivity index (χ0n) is 10.3. The lowest BCUT2D eigenvalue weighted by Gasteiger charge is -2.21. The first-order chi connectivity index (χ1) is 8.50. The lowest BCUT2D eigenvalue weighted by molar-refractivity contribution is 0.0560. The highest BCUT2D eigenvalue weighted by Crippen LogP contribution is 2.14. The third-order valence-electron chi connectivity index (χ3n) is 3.17. The maximum absolute atomic E-state index is 13.5. The molecule has 1 heterocycles. The van der Waals surface area contributed by atoms with Gasteiger partial charge in [0.15, 0.2) is 0 Å². The Balaban J connectivity index is 2.01. The van der Waals surface area contributed by atoms with Gasteiger partial charge in [0, 0.05) is 13.1 Å². The number of carbonyl (C=O) groups excluding carboxylic acids is 1. The predicted octanol–water partition coefficient (Wildman–Crippen LogP) is 0.588. The van der Waals surface area contributed by atoms with E-state index in [2.05, 4.69) is 10.6 Å². The Labute approximate surface area is 105 Å². The Bertz CT molecular complexity index is 456. The molecule has 2 rings (SSSR count). The second kappa shape index (κ2) is 5.04. The van der Waals surface area contributed by atoms with E-state index < -0.39 is 17.3 Å². The minimum absolute atomic E-state index is 0.0181. The number of nitrogens with one attached hydrogen (secondary N) is 2. The van der Waals surface area contributed by atoms with E-state index in [1.165, 1.54) is 12.1 Å². The van der Waals surface area contributed by atoms with E-state index in [0.29, 0.717) is 13.0 Å². The molecule has 1 aromatic rings. The molecule has 18 heavy (non-hydrogen) atoms. The summed E-state index contributed by atoms with van der Waals surface area (Å²) in [5.41, 5.74) is -0.0805. The van der Waals surface area contributed by atoms with Gasteiger partial charge in [0.1, 0.15) is 5.82 Å². The van der Waals surface area contributed by atoms with E-state index in [-0.39, 0.29) is 12.1 Å². The van der Waals surface area contributed by atoms with Crippen molar-refractivity contribution in [3.8, 4) is 0 Å². The Morgan fingerprint density at radius 3 is 3.06 bits per heavy atom. The molecule has 98 valence electrons. The zero-order chi connectivity index (χ0) is 13.2. The second-order valence-electron chi connectivity index (χ2n) is 4.82. The summed E-state index contributed by atoms with van der Waals surface area (Å²) < 4.78 is 13.5. The molecular formula is C13H17FN2O2. The minimum atomic E-state index is -0.921. The van der Waals surface area contributed by atoms with Crippen LogP contribution in [0.25, 0.3) is 0 Å². The normalized spacial score (nSPS) is 23.1. The quantitative estimate of drug-likeness (QED) is 0.738. The van der Waals surface area contributed by atoms with Crippen molar-refractivity contribution in [3.05, 3.63) is 35.1 Å². The van der Waals surface area contributed by atoms with Crippen molar-refractivity contribution in [3.63, 3.8) is 0 Å². The summed E-state index contributed by atoms with van der Waals surface area (Å²) >= 11 is 0. The molecule has 1 aromatic carbocycles. The molecule has 1 aliphatic heterocycles. The fraction of sp³-hybridized carbons (Fsp3) is 0.462. The molecular weight excluding hydrogens is 235 g/mol. The second-order valence-corrected chi connectivity index (χ2v) is 4.82. The number of halogens is 1. The van der Waals surface area contributed by atoms with E-state index in [1.807, 2.05) is 0 Å². The molecule has 0 bridgehead atoms. The molecule has 0 spiro atoms. The first-order valence-corrected chi connectivity index (χ1v) is 5.98. The van der Waals surface area contributed by atoms with Crippen LogP contribution in [0.1, 0.15) is 22.3 Å². The van der Waals surface area contributed by atoms with Gasteiger partial charge in [-0.05, 0) is 32.0 Å². The van der Waals surface area contributed by atoms with Gasteiger partial charge in [-0.2, -0.15) is 0 Å². The molecule has 4 nitrogen and oxygen atoms in total. The number of aryl methyl sites for hydroxylation is 1. The largest absolute Gasteiger partial charge is 0.387 e. The number of β-amino-alcohol motifs (C(OH)–C–C–N with tert-alkyl or cyclic N) is 1. The molecule has 1 saturated heterocycles. The van der Waals surface area contributed by atoms with E-state index in [0.717, 1.165) is 12.1 Å². The minimum Gasteiger partial charge on any atom is -0.387 e. The number of hydrogen-bond donors (Lipinski definition) is 3. The van der Waals surface area contributed by atoms with Crippen LogP contribution in [0.2, 0.25) is 0 Å². The van der Waals surface area contributed by atoms with Crippen molar-refractivity contribution in [1.29, 1.82) is 0 Å². The molecule has 1 fully saturated rings. The van der Waals surface area contributed by atoms with Crippen LogP contribution in [-0.4, -0.2) is 36.2 Å². The number of rotatable bonds is 3. The van der Waals surface area contributed by atoms with Crippen molar-refractivity contribution in [2.24, 2.45) is 0 Å². The molecule has 0 aliphatic carbocycles. The molecule has 1 atom stereocenters. The summed E-state index contributed by atoms with van der Waals surface area (Å²) in [6.45, 7) is 3.10. The van der Waals surface area contributed by atoms with Gasteiger partial charge < -0.3 is 15.7 Å². The Morgan fingerprint density at radius 1 is 1.61 bits per heavy atom. The summed E-state index contributed by atoms with van der Waals surface area (Å²) in [6.07, 6.45) is 0.587. The van der Waals surface area contributed by atoms with Crippen molar-refractivity contribution >= 4 is 5.91 Å². The highest BCUT2D eigenvalue weighted by Gasteiger charge is 2.31. The molecule has 1 amide bonds. The molecule has 0 saturated carbocycles. The highest BCUT2D eigenvalue weighted by molar-refractivity contribution is 5.94. The summed E-state index contributed by atoms with van der Waals surface area (Å²) in [4.78, 5) is 11.8. The first-order valence-electron chi connectivity index (χ1n) is 5.98. The predicted molar refractivity (Wildman–Crippen MR) is 65.9 cm³/mol. The van der Waals surface area contributed by atoms with Gasteiger partial charge >= 0.3 is 0 Å². The molecule has 5 heteroatoms. The third kappa shape index (κ3) is 2.86. The van der Waals surface area contributed by atoms with Crippen molar-refractivity contribution < 1.29 is 14.3 Å².